The summed E-state index contributed by atoms with van der Waals surface area (Å²) in [4.78, 5) is 0. The van der Waals surface area contributed by atoms with Crippen LogP contribution < -0.4 is 5.73 Å². The van der Waals surface area contributed by atoms with Gasteiger partial charge in [0.25, 0.3) is 0 Å². The molecule has 0 unspecified atom stereocenters. The number of nitrogen functional groups attached to an aromatic ring is 1. The van der Waals surface area contributed by atoms with Crippen molar-refractivity contribution in [1.29, 1.82) is 0 Å². The van der Waals surface area contributed by atoms with Gasteiger partial charge in [0.1, 0.15) is 5.82 Å². The molecule has 0 aliphatic rings. The third kappa shape index (κ3) is 1.97. The number of halogens is 4. The summed E-state index contributed by atoms with van der Waals surface area (Å²) in [6.45, 7) is 1.52. The molecular formula is C9H9F4N. The van der Waals surface area contributed by atoms with E-state index in [1.807, 2.05) is 0 Å². The zero-order valence-corrected chi connectivity index (χ0v) is 7.45. The quantitative estimate of drug-likeness (QED) is 0.556. The van der Waals surface area contributed by atoms with Gasteiger partial charge in [-0.3, -0.25) is 0 Å². The van der Waals surface area contributed by atoms with Gasteiger partial charge in [0, 0.05) is 5.69 Å². The highest BCUT2D eigenvalue weighted by Gasteiger charge is 2.36. The third-order valence-corrected chi connectivity index (χ3v) is 1.86. The Labute approximate surface area is 78.5 Å². The van der Waals surface area contributed by atoms with E-state index >= 15 is 0 Å². The highest BCUT2D eigenvalue weighted by molar-refractivity contribution is 5.46. The molecule has 0 amide bonds. The summed E-state index contributed by atoms with van der Waals surface area (Å²) in [6.07, 6.45) is -4.57. The van der Waals surface area contributed by atoms with Gasteiger partial charge >= 0.3 is 6.18 Å². The molecule has 0 heterocycles. The average molecular weight is 207 g/mol. The van der Waals surface area contributed by atoms with Gasteiger partial charge in [-0.1, -0.05) is 6.92 Å². The first-order valence-corrected chi connectivity index (χ1v) is 4.01. The third-order valence-electron chi connectivity index (χ3n) is 1.86. The average Bonchev–Trinajstić information content (AvgIpc) is 1.99. The van der Waals surface area contributed by atoms with Crippen molar-refractivity contribution in [2.24, 2.45) is 0 Å². The summed E-state index contributed by atoms with van der Waals surface area (Å²) in [5.74, 6) is -1.31. The van der Waals surface area contributed by atoms with Crippen molar-refractivity contribution in [2.45, 2.75) is 19.5 Å². The number of benzene rings is 1. The zero-order chi connectivity index (χ0) is 10.9. The molecule has 14 heavy (non-hydrogen) atoms. The van der Waals surface area contributed by atoms with E-state index < -0.39 is 17.6 Å². The second-order valence-corrected chi connectivity index (χ2v) is 2.89. The second-order valence-electron chi connectivity index (χ2n) is 2.89. The van der Waals surface area contributed by atoms with E-state index in [1.165, 1.54) is 6.92 Å². The molecule has 1 rings (SSSR count). The van der Waals surface area contributed by atoms with Crippen LogP contribution in [-0.2, 0) is 12.6 Å². The SMILES string of the molecule is CCc1cc(N)cc(F)c1C(F)(F)F. The molecule has 1 aromatic carbocycles. The summed E-state index contributed by atoms with van der Waals surface area (Å²) >= 11 is 0. The van der Waals surface area contributed by atoms with Crippen molar-refractivity contribution in [3.63, 3.8) is 0 Å². The lowest BCUT2D eigenvalue weighted by atomic mass is 10.0. The van der Waals surface area contributed by atoms with Gasteiger partial charge < -0.3 is 5.73 Å². The van der Waals surface area contributed by atoms with Crippen LogP contribution in [-0.4, -0.2) is 0 Å². The van der Waals surface area contributed by atoms with Gasteiger partial charge in [-0.25, -0.2) is 4.39 Å². The fourth-order valence-electron chi connectivity index (χ4n) is 1.28. The smallest absolute Gasteiger partial charge is 0.399 e. The maximum absolute atomic E-state index is 13.0. The molecule has 0 fully saturated rings. The predicted octanol–water partition coefficient (Wildman–Crippen LogP) is 2.99. The summed E-state index contributed by atoms with van der Waals surface area (Å²) in [5.41, 5.74) is 3.92. The Kier molecular flexibility index (Phi) is 2.69. The van der Waals surface area contributed by atoms with Crippen molar-refractivity contribution in [3.05, 3.63) is 29.1 Å². The van der Waals surface area contributed by atoms with Crippen LogP contribution in [0.3, 0.4) is 0 Å². The predicted molar refractivity (Wildman–Crippen MR) is 45.2 cm³/mol. The highest BCUT2D eigenvalue weighted by Crippen LogP contribution is 2.35. The van der Waals surface area contributed by atoms with E-state index in [-0.39, 0.29) is 17.7 Å². The fourth-order valence-corrected chi connectivity index (χ4v) is 1.28. The topological polar surface area (TPSA) is 26.0 Å². The molecule has 1 nitrogen and oxygen atoms in total. The van der Waals surface area contributed by atoms with Crippen LogP contribution in [0.15, 0.2) is 12.1 Å². The minimum atomic E-state index is -4.66. The van der Waals surface area contributed by atoms with E-state index in [1.54, 1.807) is 0 Å². The van der Waals surface area contributed by atoms with Crippen molar-refractivity contribution in [2.75, 3.05) is 5.73 Å². The molecule has 0 aromatic heterocycles. The Morgan fingerprint density at radius 1 is 1.29 bits per heavy atom. The summed E-state index contributed by atoms with van der Waals surface area (Å²) in [5, 5.41) is 0. The Hall–Kier alpha value is -1.26. The first-order valence-electron chi connectivity index (χ1n) is 4.01. The van der Waals surface area contributed by atoms with Crippen LogP contribution >= 0.6 is 0 Å². The van der Waals surface area contributed by atoms with E-state index in [9.17, 15) is 17.6 Å². The van der Waals surface area contributed by atoms with Gasteiger partial charge in [-0.15, -0.1) is 0 Å². The largest absolute Gasteiger partial charge is 0.419 e. The Morgan fingerprint density at radius 2 is 1.86 bits per heavy atom. The first kappa shape index (κ1) is 10.8. The number of nitrogens with two attached hydrogens (primary N) is 1. The maximum Gasteiger partial charge on any atom is 0.419 e. The highest BCUT2D eigenvalue weighted by atomic mass is 19.4. The molecule has 0 radical (unpaired) electrons. The fraction of sp³-hybridized carbons (Fsp3) is 0.333. The van der Waals surface area contributed by atoms with Crippen molar-refractivity contribution < 1.29 is 17.6 Å². The van der Waals surface area contributed by atoms with Crippen LogP contribution in [0, 0.1) is 5.82 Å². The van der Waals surface area contributed by atoms with Gasteiger partial charge in [-0.05, 0) is 24.1 Å². The van der Waals surface area contributed by atoms with Gasteiger partial charge in [0.05, 0.1) is 5.56 Å². The second kappa shape index (κ2) is 3.48. The van der Waals surface area contributed by atoms with E-state index in [2.05, 4.69) is 0 Å². The van der Waals surface area contributed by atoms with Crippen LogP contribution in [0.4, 0.5) is 23.2 Å². The number of anilines is 1. The molecule has 0 spiro atoms. The van der Waals surface area contributed by atoms with E-state index in [0.717, 1.165) is 6.07 Å². The van der Waals surface area contributed by atoms with Crippen LogP contribution in [0.25, 0.3) is 0 Å². The Balaban J connectivity index is 3.40. The molecule has 2 N–H and O–H groups in total. The number of hydrogen-bond acceptors (Lipinski definition) is 1. The summed E-state index contributed by atoms with van der Waals surface area (Å²) in [7, 11) is 0. The minimum Gasteiger partial charge on any atom is -0.399 e. The van der Waals surface area contributed by atoms with Crippen LogP contribution in [0.1, 0.15) is 18.1 Å². The molecule has 0 atom stereocenters. The lowest BCUT2D eigenvalue weighted by Crippen LogP contribution is -2.12. The Morgan fingerprint density at radius 3 is 2.29 bits per heavy atom. The standard InChI is InChI=1S/C9H9F4N/c1-2-5-3-6(14)4-7(10)8(5)9(11,12)13/h3-4H,2,14H2,1H3. The summed E-state index contributed by atoms with van der Waals surface area (Å²) in [6, 6.07) is 1.83. The van der Waals surface area contributed by atoms with Crippen molar-refractivity contribution in [3.8, 4) is 0 Å². The van der Waals surface area contributed by atoms with E-state index in [4.69, 9.17) is 5.73 Å². The number of aryl methyl sites for hydroxylation is 1. The number of hydrogen-bond donors (Lipinski definition) is 1. The van der Waals surface area contributed by atoms with Gasteiger partial charge in [0.2, 0.25) is 0 Å². The normalized spacial score (nSPS) is 11.8. The molecule has 0 saturated carbocycles. The molecule has 5 heteroatoms. The van der Waals surface area contributed by atoms with Gasteiger partial charge in [0.15, 0.2) is 0 Å². The lowest BCUT2D eigenvalue weighted by Gasteiger charge is -2.13. The molecule has 0 aliphatic carbocycles. The number of rotatable bonds is 1. The molecule has 78 valence electrons. The molecule has 1 aromatic rings. The van der Waals surface area contributed by atoms with Gasteiger partial charge in [-0.2, -0.15) is 13.2 Å². The van der Waals surface area contributed by atoms with Crippen LogP contribution in [0.2, 0.25) is 0 Å². The Bertz CT molecular complexity index is 343. The van der Waals surface area contributed by atoms with Crippen molar-refractivity contribution >= 4 is 5.69 Å². The zero-order valence-electron chi connectivity index (χ0n) is 7.45. The lowest BCUT2D eigenvalue weighted by molar-refractivity contribution is -0.140. The molecule has 0 aliphatic heterocycles. The maximum atomic E-state index is 13.0. The monoisotopic (exact) mass is 207 g/mol. The minimum absolute atomic E-state index is 0.00681. The van der Waals surface area contributed by atoms with Crippen LogP contribution in [0.5, 0.6) is 0 Å². The van der Waals surface area contributed by atoms with E-state index in [0.29, 0.717) is 6.07 Å². The molecular weight excluding hydrogens is 198 g/mol. The molecule has 0 saturated heterocycles. The molecule has 0 bridgehead atoms. The number of alkyl halides is 3. The summed E-state index contributed by atoms with van der Waals surface area (Å²) < 4.78 is 50.0. The van der Waals surface area contributed by atoms with Crippen molar-refractivity contribution in [1.82, 2.24) is 0 Å². The first-order chi connectivity index (χ1) is 6.36.